The first-order valence-corrected chi connectivity index (χ1v) is 12.2. The molecule has 3 heterocycles. The SMILES string of the molecule is Cc1cnc(C(C)(C)O)nc1-c1ccc(Cl)c(-n2c(C)nc(OCc3cccc(C(F)(F)F)n3)c(C)c2=O)c1. The first-order valence-electron chi connectivity index (χ1n) is 11.8. The lowest BCUT2D eigenvalue weighted by Crippen LogP contribution is -2.25. The maximum Gasteiger partial charge on any atom is 0.433 e. The van der Waals surface area contributed by atoms with Gasteiger partial charge in [-0.25, -0.2) is 15.0 Å². The Morgan fingerprint density at radius 2 is 1.77 bits per heavy atom. The van der Waals surface area contributed by atoms with Gasteiger partial charge in [-0.2, -0.15) is 18.2 Å². The molecule has 1 N–H and O–H groups in total. The fourth-order valence-corrected chi connectivity index (χ4v) is 4.03. The minimum Gasteiger partial charge on any atom is -0.471 e. The summed E-state index contributed by atoms with van der Waals surface area (Å²) in [6.07, 6.45) is -2.98. The van der Waals surface area contributed by atoms with E-state index in [1.54, 1.807) is 45.2 Å². The molecular formula is C27H25ClF3N5O3. The van der Waals surface area contributed by atoms with E-state index < -0.39 is 23.0 Å². The largest absolute Gasteiger partial charge is 0.471 e. The molecule has 204 valence electrons. The van der Waals surface area contributed by atoms with Crippen molar-refractivity contribution in [3.8, 4) is 22.8 Å². The lowest BCUT2D eigenvalue weighted by Gasteiger charge is -2.18. The third-order valence-electron chi connectivity index (χ3n) is 5.87. The minimum atomic E-state index is -4.59. The van der Waals surface area contributed by atoms with Crippen molar-refractivity contribution in [1.82, 2.24) is 24.5 Å². The molecule has 4 aromatic rings. The lowest BCUT2D eigenvalue weighted by molar-refractivity contribution is -0.141. The molecule has 0 unspecified atom stereocenters. The van der Waals surface area contributed by atoms with Crippen LogP contribution >= 0.6 is 11.6 Å². The minimum absolute atomic E-state index is 0.0262. The fourth-order valence-electron chi connectivity index (χ4n) is 3.83. The van der Waals surface area contributed by atoms with Crippen LogP contribution < -0.4 is 10.3 Å². The Bertz CT molecular complexity index is 1610. The van der Waals surface area contributed by atoms with Gasteiger partial charge in [0.1, 0.15) is 23.7 Å². The van der Waals surface area contributed by atoms with Gasteiger partial charge in [-0.1, -0.05) is 23.7 Å². The number of hydrogen-bond donors (Lipinski definition) is 1. The lowest BCUT2D eigenvalue weighted by atomic mass is 10.0. The molecule has 0 saturated carbocycles. The van der Waals surface area contributed by atoms with Crippen LogP contribution in [-0.2, 0) is 18.4 Å². The zero-order valence-electron chi connectivity index (χ0n) is 21.8. The highest BCUT2D eigenvalue weighted by molar-refractivity contribution is 6.32. The van der Waals surface area contributed by atoms with Gasteiger partial charge in [-0.05, 0) is 64.4 Å². The molecule has 0 amide bonds. The molecule has 0 spiro atoms. The molecule has 0 atom stereocenters. The van der Waals surface area contributed by atoms with Gasteiger partial charge in [0.25, 0.3) is 5.56 Å². The Morgan fingerprint density at radius 1 is 1.05 bits per heavy atom. The van der Waals surface area contributed by atoms with Crippen LogP contribution in [0.1, 0.15) is 48.0 Å². The Kier molecular flexibility index (Phi) is 7.50. The highest BCUT2D eigenvalue weighted by Crippen LogP contribution is 2.31. The van der Waals surface area contributed by atoms with Crippen LogP contribution in [0, 0.1) is 20.8 Å². The normalized spacial score (nSPS) is 12.1. The second-order valence-corrected chi connectivity index (χ2v) is 9.89. The number of ether oxygens (including phenoxy) is 1. The summed E-state index contributed by atoms with van der Waals surface area (Å²) in [4.78, 5) is 30.1. The van der Waals surface area contributed by atoms with Gasteiger partial charge in [0.05, 0.1) is 27.7 Å². The maximum absolute atomic E-state index is 13.4. The molecule has 0 fully saturated rings. The van der Waals surface area contributed by atoms with Gasteiger partial charge in [-0.15, -0.1) is 0 Å². The van der Waals surface area contributed by atoms with E-state index in [9.17, 15) is 23.1 Å². The van der Waals surface area contributed by atoms with Crippen LogP contribution in [0.4, 0.5) is 13.2 Å². The van der Waals surface area contributed by atoms with Crippen LogP contribution in [0.15, 0.2) is 47.4 Å². The molecule has 0 aliphatic rings. The van der Waals surface area contributed by atoms with Crippen LogP contribution in [0.25, 0.3) is 16.9 Å². The number of aryl methyl sites for hydroxylation is 2. The number of alkyl halides is 3. The second kappa shape index (κ2) is 10.4. The third kappa shape index (κ3) is 5.94. The van der Waals surface area contributed by atoms with Crippen molar-refractivity contribution >= 4 is 11.6 Å². The van der Waals surface area contributed by atoms with Gasteiger partial charge in [-0.3, -0.25) is 9.36 Å². The van der Waals surface area contributed by atoms with E-state index in [2.05, 4.69) is 19.9 Å². The van der Waals surface area contributed by atoms with E-state index in [-0.39, 0.29) is 40.4 Å². The van der Waals surface area contributed by atoms with Gasteiger partial charge in [0.2, 0.25) is 5.88 Å². The first-order chi connectivity index (χ1) is 18.2. The van der Waals surface area contributed by atoms with Crippen molar-refractivity contribution in [2.45, 2.75) is 53.0 Å². The fraction of sp³-hybridized carbons (Fsp3) is 0.296. The number of nitrogens with zero attached hydrogens (tertiary/aromatic N) is 5. The molecule has 8 nitrogen and oxygen atoms in total. The van der Waals surface area contributed by atoms with Crippen molar-refractivity contribution in [2.24, 2.45) is 0 Å². The molecule has 0 bridgehead atoms. The molecule has 3 aromatic heterocycles. The highest BCUT2D eigenvalue weighted by atomic mass is 35.5. The maximum atomic E-state index is 13.4. The quantitative estimate of drug-likeness (QED) is 0.333. The summed E-state index contributed by atoms with van der Waals surface area (Å²) in [7, 11) is 0. The number of pyridine rings is 1. The molecule has 0 aliphatic carbocycles. The summed E-state index contributed by atoms with van der Waals surface area (Å²) in [6, 6.07) is 8.55. The molecule has 0 radical (unpaired) electrons. The Morgan fingerprint density at radius 3 is 2.44 bits per heavy atom. The summed E-state index contributed by atoms with van der Waals surface area (Å²) in [5.74, 6) is 0.456. The number of benzene rings is 1. The molecule has 0 aliphatic heterocycles. The van der Waals surface area contributed by atoms with Crippen molar-refractivity contribution < 1.29 is 23.0 Å². The average Bonchev–Trinajstić information content (AvgIpc) is 2.86. The number of hydrogen-bond acceptors (Lipinski definition) is 7. The van der Waals surface area contributed by atoms with Crippen molar-refractivity contribution in [3.05, 3.63) is 92.1 Å². The number of aliphatic hydroxyl groups is 1. The van der Waals surface area contributed by atoms with Gasteiger partial charge in [0.15, 0.2) is 5.82 Å². The van der Waals surface area contributed by atoms with Gasteiger partial charge in [0, 0.05) is 11.8 Å². The number of aromatic nitrogens is 5. The predicted octanol–water partition coefficient (Wildman–Crippen LogP) is 5.49. The number of halogens is 4. The Labute approximate surface area is 227 Å². The van der Waals surface area contributed by atoms with E-state index in [1.807, 2.05) is 6.92 Å². The zero-order chi connectivity index (χ0) is 28.7. The topological polar surface area (TPSA) is 103 Å². The smallest absolute Gasteiger partial charge is 0.433 e. The van der Waals surface area contributed by atoms with Crippen LogP contribution in [0.5, 0.6) is 5.88 Å². The van der Waals surface area contributed by atoms with Crippen LogP contribution in [0.3, 0.4) is 0 Å². The third-order valence-corrected chi connectivity index (χ3v) is 6.18. The Balaban J connectivity index is 1.71. The van der Waals surface area contributed by atoms with Crippen molar-refractivity contribution in [1.29, 1.82) is 0 Å². The van der Waals surface area contributed by atoms with Gasteiger partial charge < -0.3 is 9.84 Å². The molecule has 1 aromatic carbocycles. The van der Waals surface area contributed by atoms with E-state index in [1.165, 1.54) is 23.6 Å². The molecule has 12 heteroatoms. The molecule has 39 heavy (non-hydrogen) atoms. The second-order valence-electron chi connectivity index (χ2n) is 9.48. The summed E-state index contributed by atoms with van der Waals surface area (Å²) in [6.45, 7) is 7.76. The van der Waals surface area contributed by atoms with Crippen molar-refractivity contribution in [2.75, 3.05) is 0 Å². The summed E-state index contributed by atoms with van der Waals surface area (Å²) in [5.41, 5.74) is -0.295. The first kappa shape index (κ1) is 28.2. The summed E-state index contributed by atoms with van der Waals surface area (Å²) >= 11 is 6.50. The summed E-state index contributed by atoms with van der Waals surface area (Å²) < 4.78 is 45.9. The molecular weight excluding hydrogens is 535 g/mol. The van der Waals surface area contributed by atoms with E-state index >= 15 is 0 Å². The molecule has 4 rings (SSSR count). The van der Waals surface area contributed by atoms with Crippen LogP contribution in [-0.4, -0.2) is 29.6 Å². The monoisotopic (exact) mass is 559 g/mol. The Hall–Kier alpha value is -3.83. The standard InChI is InChI=1S/C27H25ClF3N5O3/c1-14-12-32-25(26(4,5)38)35-22(14)17-9-10-19(28)20(11-17)36-16(3)33-23(15(2)24(36)37)39-13-18-7-6-8-21(34-18)27(29,30)31/h6-12,38H,13H2,1-5H3. The van der Waals surface area contributed by atoms with Gasteiger partial charge >= 0.3 is 6.18 Å². The average molecular weight is 560 g/mol. The molecule has 0 saturated heterocycles. The van der Waals surface area contributed by atoms with Crippen LogP contribution in [0.2, 0.25) is 5.02 Å². The van der Waals surface area contributed by atoms with E-state index in [0.29, 0.717) is 16.9 Å². The summed E-state index contributed by atoms with van der Waals surface area (Å²) in [5, 5.41) is 10.6. The van der Waals surface area contributed by atoms with Crippen molar-refractivity contribution in [3.63, 3.8) is 0 Å². The van der Waals surface area contributed by atoms with E-state index in [0.717, 1.165) is 11.6 Å². The number of rotatable bonds is 6. The highest BCUT2D eigenvalue weighted by Gasteiger charge is 2.32. The van der Waals surface area contributed by atoms with E-state index in [4.69, 9.17) is 16.3 Å². The zero-order valence-corrected chi connectivity index (χ0v) is 22.5. The predicted molar refractivity (Wildman–Crippen MR) is 139 cm³/mol.